The highest BCUT2D eigenvalue weighted by molar-refractivity contribution is 6.05. The first-order chi connectivity index (χ1) is 19.0. The number of carbonyl (C=O) groups excluding carboxylic acids is 1. The zero-order valence-electron chi connectivity index (χ0n) is 21.1. The van der Waals surface area contributed by atoms with E-state index in [9.17, 15) is 9.59 Å². The van der Waals surface area contributed by atoms with Crippen molar-refractivity contribution >= 4 is 33.7 Å². The van der Waals surface area contributed by atoms with Gasteiger partial charge < -0.3 is 23.6 Å². The monoisotopic (exact) mass is 518 g/mol. The minimum absolute atomic E-state index is 0.329. The third-order valence-corrected chi connectivity index (χ3v) is 6.35. The highest BCUT2D eigenvalue weighted by atomic mass is 16.5. The van der Waals surface area contributed by atoms with Crippen molar-refractivity contribution in [1.82, 2.24) is 4.98 Å². The first-order valence-corrected chi connectivity index (χ1v) is 12.1. The molecular formula is C31H22N2O6. The highest BCUT2D eigenvalue weighted by Gasteiger charge is 2.15. The molecule has 4 aromatic carbocycles. The molecule has 0 aliphatic carbocycles. The lowest BCUT2D eigenvalue weighted by molar-refractivity contribution is 0.102. The molecule has 39 heavy (non-hydrogen) atoms. The summed E-state index contributed by atoms with van der Waals surface area (Å²) in [6.07, 6.45) is 0. The maximum Gasteiger partial charge on any atom is 0.344 e. The third kappa shape index (κ3) is 4.59. The lowest BCUT2D eigenvalue weighted by Gasteiger charge is -2.07. The van der Waals surface area contributed by atoms with E-state index in [2.05, 4.69) is 10.3 Å². The first-order valence-electron chi connectivity index (χ1n) is 12.1. The lowest BCUT2D eigenvalue weighted by atomic mass is 10.0. The molecule has 0 atom stereocenters. The number of methoxy groups -OCH3 is 2. The van der Waals surface area contributed by atoms with E-state index in [0.717, 1.165) is 10.9 Å². The van der Waals surface area contributed by atoms with Gasteiger partial charge in [-0.25, -0.2) is 9.78 Å². The number of aromatic nitrogens is 1. The summed E-state index contributed by atoms with van der Waals surface area (Å²) in [4.78, 5) is 30.3. The van der Waals surface area contributed by atoms with Crippen LogP contribution >= 0.6 is 0 Å². The van der Waals surface area contributed by atoms with Crippen LogP contribution in [0.15, 0.2) is 105 Å². The molecule has 0 saturated heterocycles. The van der Waals surface area contributed by atoms with Gasteiger partial charge in [0, 0.05) is 22.2 Å². The summed E-state index contributed by atoms with van der Waals surface area (Å²) in [7, 11) is 3.14. The zero-order valence-corrected chi connectivity index (χ0v) is 21.1. The van der Waals surface area contributed by atoms with Crippen LogP contribution in [0.25, 0.3) is 44.7 Å². The summed E-state index contributed by atoms with van der Waals surface area (Å²) in [6.45, 7) is 0. The summed E-state index contributed by atoms with van der Waals surface area (Å²) in [5, 5.41) is 3.70. The molecule has 6 rings (SSSR count). The predicted octanol–water partition coefficient (Wildman–Crippen LogP) is 6.54. The predicted molar refractivity (Wildman–Crippen MR) is 148 cm³/mol. The molecule has 0 bridgehead atoms. The van der Waals surface area contributed by atoms with Crippen molar-refractivity contribution in [1.29, 1.82) is 0 Å². The number of fused-ring (bicyclic) bond motifs is 2. The number of para-hydroxylation sites is 1. The van der Waals surface area contributed by atoms with Gasteiger partial charge in [-0.1, -0.05) is 30.3 Å². The number of nitrogens with one attached hydrogen (secondary N) is 1. The summed E-state index contributed by atoms with van der Waals surface area (Å²) in [6, 6.07) is 26.6. The Morgan fingerprint density at radius 3 is 2.46 bits per heavy atom. The van der Waals surface area contributed by atoms with Crippen molar-refractivity contribution < 1.29 is 23.1 Å². The smallest absolute Gasteiger partial charge is 0.344 e. The number of amides is 1. The largest absolute Gasteiger partial charge is 0.493 e. The summed E-state index contributed by atoms with van der Waals surface area (Å²) < 4.78 is 22.0. The van der Waals surface area contributed by atoms with Gasteiger partial charge in [-0.3, -0.25) is 4.79 Å². The van der Waals surface area contributed by atoms with Crippen molar-refractivity contribution in [2.24, 2.45) is 0 Å². The Morgan fingerprint density at radius 2 is 1.62 bits per heavy atom. The van der Waals surface area contributed by atoms with E-state index in [1.807, 2.05) is 24.3 Å². The van der Waals surface area contributed by atoms with Crippen LogP contribution in [-0.4, -0.2) is 25.1 Å². The average molecular weight is 519 g/mol. The van der Waals surface area contributed by atoms with Gasteiger partial charge in [0.1, 0.15) is 11.1 Å². The summed E-state index contributed by atoms with van der Waals surface area (Å²) in [5.74, 6) is 1.25. The van der Waals surface area contributed by atoms with Gasteiger partial charge in [-0.2, -0.15) is 0 Å². The normalized spacial score (nSPS) is 11.0. The first kappa shape index (κ1) is 24.0. The van der Waals surface area contributed by atoms with Gasteiger partial charge >= 0.3 is 5.63 Å². The molecule has 0 fully saturated rings. The third-order valence-electron chi connectivity index (χ3n) is 6.35. The number of rotatable bonds is 6. The van der Waals surface area contributed by atoms with Crippen molar-refractivity contribution in [2.45, 2.75) is 0 Å². The van der Waals surface area contributed by atoms with Gasteiger partial charge in [0.15, 0.2) is 17.1 Å². The average Bonchev–Trinajstić information content (AvgIpc) is 3.40. The Hall–Kier alpha value is -5.37. The number of benzene rings is 4. The molecule has 0 aliphatic rings. The van der Waals surface area contributed by atoms with Crippen LogP contribution in [0.1, 0.15) is 10.4 Å². The minimum atomic E-state index is -0.465. The molecule has 6 aromatic rings. The Kier molecular flexibility index (Phi) is 6.05. The van der Waals surface area contributed by atoms with Gasteiger partial charge in [0.05, 0.1) is 19.8 Å². The van der Waals surface area contributed by atoms with Crippen LogP contribution in [0.3, 0.4) is 0 Å². The van der Waals surface area contributed by atoms with Gasteiger partial charge in [0.25, 0.3) is 5.91 Å². The SMILES string of the molecule is COc1ccc(-c2nc3cc(NC(=O)c4cccc(-c5cc6ccccc6oc5=O)c4)ccc3o2)cc1OC. The molecule has 0 saturated carbocycles. The topological polar surface area (TPSA) is 104 Å². The quantitative estimate of drug-likeness (QED) is 0.250. The fourth-order valence-electron chi connectivity index (χ4n) is 4.39. The van der Waals surface area contributed by atoms with Crippen molar-refractivity contribution in [3.63, 3.8) is 0 Å². The molecule has 0 radical (unpaired) electrons. The van der Waals surface area contributed by atoms with Crippen LogP contribution in [0.4, 0.5) is 5.69 Å². The number of carbonyl (C=O) groups is 1. The number of oxazole rings is 1. The minimum Gasteiger partial charge on any atom is -0.493 e. The van der Waals surface area contributed by atoms with Gasteiger partial charge in [-0.05, 0) is 66.2 Å². The van der Waals surface area contributed by atoms with E-state index in [-0.39, 0.29) is 5.91 Å². The maximum absolute atomic E-state index is 13.1. The van der Waals surface area contributed by atoms with E-state index in [4.69, 9.17) is 18.3 Å². The second-order valence-corrected chi connectivity index (χ2v) is 8.79. The molecule has 192 valence electrons. The molecule has 0 aliphatic heterocycles. The standard InChI is InChI=1S/C31H22N2O6/c1-36-27-12-10-21(16-28(27)37-2)30-33-24-17-22(11-13-26(24)38-30)32-29(34)20-8-5-7-18(14-20)23-15-19-6-3-4-9-25(19)39-31(23)35/h3-17H,1-2H3,(H,32,34). The Bertz CT molecular complexity index is 1920. The molecule has 2 heterocycles. The van der Waals surface area contributed by atoms with Crippen LogP contribution in [0, 0.1) is 0 Å². The molecule has 1 N–H and O–H groups in total. The molecule has 0 spiro atoms. The van der Waals surface area contributed by atoms with Crippen molar-refractivity contribution in [3.05, 3.63) is 107 Å². The van der Waals surface area contributed by atoms with Crippen LogP contribution in [-0.2, 0) is 0 Å². The Balaban J connectivity index is 1.26. The molecule has 1 amide bonds. The Morgan fingerprint density at radius 1 is 0.769 bits per heavy atom. The van der Waals surface area contributed by atoms with Crippen molar-refractivity contribution in [3.8, 4) is 34.1 Å². The molecule has 2 aromatic heterocycles. The number of ether oxygens (including phenoxy) is 2. The molecular weight excluding hydrogens is 496 g/mol. The summed E-state index contributed by atoms with van der Waals surface area (Å²) in [5.41, 5.74) is 3.85. The fourth-order valence-corrected chi connectivity index (χ4v) is 4.39. The second-order valence-electron chi connectivity index (χ2n) is 8.79. The van der Waals surface area contributed by atoms with E-state index >= 15 is 0 Å². The molecule has 0 unspecified atom stereocenters. The van der Waals surface area contributed by atoms with Crippen LogP contribution in [0.5, 0.6) is 11.5 Å². The second kappa shape index (κ2) is 9.83. The highest BCUT2D eigenvalue weighted by Crippen LogP contribution is 2.33. The van der Waals surface area contributed by atoms with E-state index in [1.165, 1.54) is 0 Å². The Labute approximate surface area is 222 Å². The number of nitrogens with zero attached hydrogens (tertiary/aromatic N) is 1. The maximum atomic E-state index is 13.1. The summed E-state index contributed by atoms with van der Waals surface area (Å²) >= 11 is 0. The number of hydrogen-bond donors (Lipinski definition) is 1. The van der Waals surface area contributed by atoms with E-state index in [0.29, 0.717) is 56.5 Å². The van der Waals surface area contributed by atoms with Crippen LogP contribution in [0.2, 0.25) is 0 Å². The van der Waals surface area contributed by atoms with E-state index < -0.39 is 5.63 Å². The molecule has 8 nitrogen and oxygen atoms in total. The zero-order chi connectivity index (χ0) is 26.9. The molecule has 8 heteroatoms. The fraction of sp³-hybridized carbons (Fsp3) is 0.0645. The van der Waals surface area contributed by atoms with Gasteiger partial charge in [-0.15, -0.1) is 0 Å². The van der Waals surface area contributed by atoms with Gasteiger partial charge in [0.2, 0.25) is 5.89 Å². The lowest BCUT2D eigenvalue weighted by Crippen LogP contribution is -2.12. The van der Waals surface area contributed by atoms with Crippen LogP contribution < -0.4 is 20.4 Å². The number of anilines is 1. The van der Waals surface area contributed by atoms with E-state index in [1.54, 1.807) is 80.9 Å². The van der Waals surface area contributed by atoms with Crippen molar-refractivity contribution in [2.75, 3.05) is 19.5 Å². The number of hydrogen-bond acceptors (Lipinski definition) is 7.